The lowest BCUT2D eigenvalue weighted by molar-refractivity contribution is -0.145. The molecule has 2 aromatic carbocycles. The number of phosphoric acid groups is 2. The average Bonchev–Trinajstić information content (AvgIpc) is 3.24. The Bertz CT molecular complexity index is 1470. The molecule has 0 bridgehead atoms. The molecule has 0 aliphatic heterocycles. The van der Waals surface area contributed by atoms with Crippen LogP contribution in [0.15, 0.2) is 52.9 Å². The molecule has 1 aliphatic rings. The van der Waals surface area contributed by atoms with E-state index in [1.54, 1.807) is 52.1 Å². The number of allylic oxidation sites excluding steroid dienone is 2. The summed E-state index contributed by atoms with van der Waals surface area (Å²) in [6, 6.07) is 11.6. The molecule has 0 N–H and O–H groups in total. The molecule has 3 rings (SSSR count). The molecule has 0 radical (unpaired) electrons. The minimum Gasteiger partial charge on any atom is -0.612 e. The van der Waals surface area contributed by atoms with Crippen LogP contribution < -0.4 is 0 Å². The van der Waals surface area contributed by atoms with Crippen molar-refractivity contribution < 1.29 is 54.7 Å². The monoisotopic (exact) mass is 702 g/mol. The van der Waals surface area contributed by atoms with Crippen molar-refractivity contribution in [2.24, 2.45) is 0 Å². The third-order valence-corrected chi connectivity index (χ3v) is 10.8. The molecule has 0 saturated carbocycles. The summed E-state index contributed by atoms with van der Waals surface area (Å²) in [7, 11) is -8.10. The number of phosphoric ester groups is 2. The highest BCUT2D eigenvalue weighted by molar-refractivity contribution is 7.90. The van der Waals surface area contributed by atoms with Crippen LogP contribution in [0, 0.1) is 5.82 Å². The van der Waals surface area contributed by atoms with Gasteiger partial charge >= 0.3 is 21.6 Å². The molecule has 254 valence electrons. The maximum Gasteiger partial charge on any atom is 0.475 e. The number of halogens is 1. The molecule has 0 amide bonds. The van der Waals surface area contributed by atoms with Crippen molar-refractivity contribution in [2.75, 3.05) is 45.9 Å². The highest BCUT2D eigenvalue weighted by Gasteiger charge is 2.35. The van der Waals surface area contributed by atoms with Crippen molar-refractivity contribution in [2.45, 2.75) is 52.0 Å². The molecular formula is C31H41FO11P2S. The molecule has 2 atom stereocenters. The molecule has 0 heterocycles. The summed E-state index contributed by atoms with van der Waals surface area (Å²) < 4.78 is 89.4. The molecule has 0 spiro atoms. The second kappa shape index (κ2) is 17.8. The van der Waals surface area contributed by atoms with Crippen molar-refractivity contribution >= 4 is 50.0 Å². The van der Waals surface area contributed by atoms with Crippen molar-refractivity contribution in [1.82, 2.24) is 0 Å². The lowest BCUT2D eigenvalue weighted by Crippen LogP contribution is -2.27. The Labute approximate surface area is 272 Å². The van der Waals surface area contributed by atoms with Crippen molar-refractivity contribution in [3.63, 3.8) is 0 Å². The van der Waals surface area contributed by atoms with Gasteiger partial charge in [0, 0.05) is 0 Å². The number of carbonyl (C=O) groups is 1. The molecule has 15 heteroatoms. The summed E-state index contributed by atoms with van der Waals surface area (Å²) in [6.07, 6.45) is 2.06. The van der Waals surface area contributed by atoms with E-state index in [1.807, 2.05) is 25.1 Å². The second-order valence-electron chi connectivity index (χ2n) is 9.82. The van der Waals surface area contributed by atoms with E-state index in [1.165, 1.54) is 12.1 Å². The number of hydrogen-bond acceptors (Lipinski definition) is 11. The third kappa shape index (κ3) is 10.7. The Morgan fingerprint density at radius 2 is 1.46 bits per heavy atom. The van der Waals surface area contributed by atoms with Gasteiger partial charge in [-0.15, -0.1) is 0 Å². The van der Waals surface area contributed by atoms with E-state index in [9.17, 15) is 22.9 Å². The molecule has 2 unspecified atom stereocenters. The van der Waals surface area contributed by atoms with Crippen LogP contribution in [0.25, 0.3) is 17.2 Å². The van der Waals surface area contributed by atoms with Crippen molar-refractivity contribution in [3.8, 4) is 0 Å². The van der Waals surface area contributed by atoms with Gasteiger partial charge in [0.2, 0.25) is 0 Å². The molecule has 0 fully saturated rings. The fourth-order valence-corrected chi connectivity index (χ4v) is 7.63. The number of ether oxygens (including phenoxy) is 1. The van der Waals surface area contributed by atoms with E-state index in [-0.39, 0.29) is 32.8 Å². The first kappa shape index (κ1) is 38.3. The molecule has 0 saturated heterocycles. The zero-order chi connectivity index (χ0) is 33.9. The van der Waals surface area contributed by atoms with Crippen LogP contribution >= 0.6 is 15.6 Å². The standard InChI is InChI=1S/C31H41FO11P2S/c1-7-38-44(34,39-8-2)42-21-25(43-45(35,40-9-3)41-10-4)20-37-31(33)19-29-22(5)28(27-16-13-24(32)18-30(27)29)17-23-11-14-26(15-12-23)46(6)36/h11-18,25H,7-10,19-21H2,1-6H3/b28-17-. The molecular weight excluding hydrogens is 661 g/mol. The summed E-state index contributed by atoms with van der Waals surface area (Å²) >= 11 is -1.12. The van der Waals surface area contributed by atoms with Gasteiger partial charge in [0.25, 0.3) is 0 Å². The number of benzene rings is 2. The summed E-state index contributed by atoms with van der Waals surface area (Å²) in [5, 5.41) is 0. The van der Waals surface area contributed by atoms with E-state index in [2.05, 4.69) is 0 Å². The van der Waals surface area contributed by atoms with Crippen LogP contribution in [0.2, 0.25) is 0 Å². The smallest absolute Gasteiger partial charge is 0.475 e. The van der Waals surface area contributed by atoms with Gasteiger partial charge < -0.3 is 9.29 Å². The van der Waals surface area contributed by atoms with E-state index in [0.717, 1.165) is 22.3 Å². The van der Waals surface area contributed by atoms with E-state index >= 15 is 0 Å². The summed E-state index contributed by atoms with van der Waals surface area (Å²) in [6.45, 7) is 7.35. The van der Waals surface area contributed by atoms with Gasteiger partial charge in [-0.25, -0.2) is 13.5 Å². The van der Waals surface area contributed by atoms with Gasteiger partial charge in [0.15, 0.2) is 4.90 Å². The maximum absolute atomic E-state index is 14.4. The van der Waals surface area contributed by atoms with Gasteiger partial charge in [-0.2, -0.15) is 0 Å². The molecule has 1 aliphatic carbocycles. The maximum atomic E-state index is 14.4. The number of carbonyl (C=O) groups excluding carboxylic acids is 1. The van der Waals surface area contributed by atoms with Gasteiger partial charge in [0.05, 0.1) is 39.5 Å². The predicted molar refractivity (Wildman–Crippen MR) is 174 cm³/mol. The Morgan fingerprint density at radius 1 is 0.870 bits per heavy atom. The lowest BCUT2D eigenvalue weighted by Gasteiger charge is -2.24. The quantitative estimate of drug-likeness (QED) is 0.0813. The van der Waals surface area contributed by atoms with Crippen LogP contribution in [-0.4, -0.2) is 62.5 Å². The molecule has 0 aromatic heterocycles. The first-order valence-electron chi connectivity index (χ1n) is 14.8. The summed E-state index contributed by atoms with van der Waals surface area (Å²) in [5.41, 5.74) is 4.26. The first-order valence-corrected chi connectivity index (χ1v) is 19.3. The lowest BCUT2D eigenvalue weighted by atomic mass is 10.0. The largest absolute Gasteiger partial charge is 0.612 e. The molecule has 11 nitrogen and oxygen atoms in total. The Balaban J connectivity index is 1.83. The average molecular weight is 703 g/mol. The normalized spacial score (nSPS) is 15.7. The van der Waals surface area contributed by atoms with Gasteiger partial charge in [-0.1, -0.05) is 6.07 Å². The van der Waals surface area contributed by atoms with Crippen LogP contribution in [0.4, 0.5) is 4.39 Å². The van der Waals surface area contributed by atoms with Gasteiger partial charge in [-0.05, 0) is 122 Å². The van der Waals surface area contributed by atoms with Crippen LogP contribution in [0.3, 0.4) is 0 Å². The van der Waals surface area contributed by atoms with E-state index < -0.39 is 57.9 Å². The molecule has 46 heavy (non-hydrogen) atoms. The van der Waals surface area contributed by atoms with Crippen LogP contribution in [0.5, 0.6) is 0 Å². The highest BCUT2D eigenvalue weighted by Crippen LogP contribution is 2.53. The van der Waals surface area contributed by atoms with E-state index in [4.69, 9.17) is 31.9 Å². The number of esters is 1. The second-order valence-corrected chi connectivity index (χ2v) is 14.5. The van der Waals surface area contributed by atoms with E-state index in [0.29, 0.717) is 16.0 Å². The van der Waals surface area contributed by atoms with Gasteiger partial charge in [-0.3, -0.25) is 31.9 Å². The Morgan fingerprint density at radius 3 is 2.02 bits per heavy atom. The SMILES string of the molecule is CCOP(=O)(OCC)OCC(COC(=O)CC1=C(C)/C(=C/c2ccc([S+](C)[O-])cc2)c2ccc(F)cc21)OP(=O)(OCC)OCC. The molecule has 2 aromatic rings. The Hall–Kier alpha value is -2.15. The third-order valence-electron chi connectivity index (χ3n) is 6.57. The fraction of sp³-hybridized carbons (Fsp3) is 0.452. The topological polar surface area (TPSA) is 139 Å². The number of fused-ring (bicyclic) bond motifs is 1. The van der Waals surface area contributed by atoms with Gasteiger partial charge in [0.1, 0.15) is 24.8 Å². The Kier molecular flexibility index (Phi) is 14.9. The number of hydrogen-bond donors (Lipinski definition) is 0. The summed E-state index contributed by atoms with van der Waals surface area (Å²) in [5.74, 6) is -1.15. The van der Waals surface area contributed by atoms with Crippen molar-refractivity contribution in [1.29, 1.82) is 0 Å². The summed E-state index contributed by atoms with van der Waals surface area (Å²) in [4.78, 5) is 13.9. The minimum absolute atomic E-state index is 0.00251. The first-order chi connectivity index (χ1) is 21.9. The minimum atomic E-state index is -4.10. The van der Waals surface area contributed by atoms with Crippen LogP contribution in [0.1, 0.15) is 57.7 Å². The van der Waals surface area contributed by atoms with Crippen LogP contribution in [-0.2, 0) is 57.0 Å². The fourth-order valence-electron chi connectivity index (χ4n) is 4.59. The highest BCUT2D eigenvalue weighted by atomic mass is 32.2. The number of rotatable bonds is 19. The van der Waals surface area contributed by atoms with Crippen molar-refractivity contribution in [3.05, 3.63) is 70.5 Å². The predicted octanol–water partition coefficient (Wildman–Crippen LogP) is 7.59. The zero-order valence-corrected chi connectivity index (χ0v) is 29.4. The zero-order valence-electron chi connectivity index (χ0n) is 26.8.